The van der Waals surface area contributed by atoms with Crippen molar-refractivity contribution in [2.45, 2.75) is 18.9 Å². The Balaban J connectivity index is 2.31. The number of hydrogen-bond donors (Lipinski definition) is 3. The van der Waals surface area contributed by atoms with Gasteiger partial charge < -0.3 is 5.32 Å². The van der Waals surface area contributed by atoms with Gasteiger partial charge in [-0.1, -0.05) is 6.07 Å². The lowest BCUT2D eigenvalue weighted by atomic mass is 10.2. The number of benzene rings is 1. The number of rotatable bonds is 4. The lowest BCUT2D eigenvalue weighted by Gasteiger charge is -2.11. The van der Waals surface area contributed by atoms with Gasteiger partial charge in [-0.05, 0) is 30.7 Å². The molecule has 0 saturated carbocycles. The van der Waals surface area contributed by atoms with Gasteiger partial charge in [0, 0.05) is 12.6 Å². The first kappa shape index (κ1) is 14.1. The highest BCUT2D eigenvalue weighted by Crippen LogP contribution is 2.22. The van der Waals surface area contributed by atoms with E-state index in [0.29, 0.717) is 11.4 Å². The first-order valence-corrected chi connectivity index (χ1v) is 7.27. The van der Waals surface area contributed by atoms with Crippen molar-refractivity contribution in [1.29, 1.82) is 0 Å². The van der Waals surface area contributed by atoms with Crippen LogP contribution in [0.25, 0.3) is 0 Å². The van der Waals surface area contributed by atoms with Crippen LogP contribution < -0.4 is 10.0 Å². The molecule has 106 valence electrons. The normalized spacial score (nSPS) is 11.1. The summed E-state index contributed by atoms with van der Waals surface area (Å²) < 4.78 is 26.6. The second-order valence-electron chi connectivity index (χ2n) is 4.24. The van der Waals surface area contributed by atoms with Crippen molar-refractivity contribution in [3.05, 3.63) is 36.0 Å². The van der Waals surface area contributed by atoms with Gasteiger partial charge in [0.05, 0.1) is 11.9 Å². The van der Waals surface area contributed by atoms with Crippen molar-refractivity contribution in [2.75, 3.05) is 10.0 Å². The van der Waals surface area contributed by atoms with Gasteiger partial charge >= 0.3 is 0 Å². The van der Waals surface area contributed by atoms with Crippen molar-refractivity contribution in [1.82, 2.24) is 10.2 Å². The Morgan fingerprint density at radius 1 is 1.30 bits per heavy atom. The first-order chi connectivity index (χ1) is 9.38. The Morgan fingerprint density at radius 3 is 2.65 bits per heavy atom. The number of aryl methyl sites for hydroxylation is 1. The van der Waals surface area contributed by atoms with Crippen LogP contribution in [0.5, 0.6) is 0 Å². The SMILES string of the molecule is CC(=O)Nc1ccc(C)c(NS(=O)(=O)c2ccn[nH]2)c1. The molecule has 0 atom stereocenters. The third kappa shape index (κ3) is 3.15. The lowest BCUT2D eigenvalue weighted by molar-refractivity contribution is -0.114. The Labute approximate surface area is 116 Å². The predicted octanol–water partition coefficient (Wildman–Crippen LogP) is 1.48. The summed E-state index contributed by atoms with van der Waals surface area (Å²) in [5.41, 5.74) is 1.65. The van der Waals surface area contributed by atoms with E-state index in [1.54, 1.807) is 25.1 Å². The molecule has 8 heteroatoms. The molecule has 3 N–H and O–H groups in total. The van der Waals surface area contributed by atoms with Crippen LogP contribution in [0.2, 0.25) is 0 Å². The summed E-state index contributed by atoms with van der Waals surface area (Å²) in [7, 11) is -3.72. The van der Waals surface area contributed by atoms with Crippen LogP contribution in [0, 0.1) is 6.92 Å². The second kappa shape index (κ2) is 5.33. The lowest BCUT2D eigenvalue weighted by Crippen LogP contribution is -2.15. The molecule has 0 aliphatic rings. The predicted molar refractivity (Wildman–Crippen MR) is 74.9 cm³/mol. The minimum Gasteiger partial charge on any atom is -0.326 e. The summed E-state index contributed by atoms with van der Waals surface area (Å²) in [6.45, 7) is 3.15. The summed E-state index contributed by atoms with van der Waals surface area (Å²) in [5.74, 6) is -0.226. The van der Waals surface area contributed by atoms with Crippen molar-refractivity contribution in [2.24, 2.45) is 0 Å². The molecule has 0 fully saturated rings. The van der Waals surface area contributed by atoms with Gasteiger partial charge in [0.2, 0.25) is 5.91 Å². The van der Waals surface area contributed by atoms with E-state index in [0.717, 1.165) is 5.56 Å². The minimum atomic E-state index is -3.72. The molecule has 0 spiro atoms. The molecule has 20 heavy (non-hydrogen) atoms. The van der Waals surface area contributed by atoms with Crippen LogP contribution in [0.15, 0.2) is 35.5 Å². The summed E-state index contributed by atoms with van der Waals surface area (Å²) in [6, 6.07) is 6.33. The molecule has 0 radical (unpaired) electrons. The Bertz CT molecular complexity index is 723. The van der Waals surface area contributed by atoms with Crippen molar-refractivity contribution in [3.8, 4) is 0 Å². The van der Waals surface area contributed by atoms with E-state index < -0.39 is 10.0 Å². The number of sulfonamides is 1. The van der Waals surface area contributed by atoms with Crippen LogP contribution in [0.1, 0.15) is 12.5 Å². The number of carbonyl (C=O) groups is 1. The van der Waals surface area contributed by atoms with E-state index in [1.165, 1.54) is 19.2 Å². The number of aromatic amines is 1. The molecule has 1 heterocycles. The van der Waals surface area contributed by atoms with E-state index in [4.69, 9.17) is 0 Å². The maximum absolute atomic E-state index is 12.1. The Morgan fingerprint density at radius 2 is 2.05 bits per heavy atom. The summed E-state index contributed by atoms with van der Waals surface area (Å²) in [5, 5.41) is 8.57. The monoisotopic (exact) mass is 294 g/mol. The topological polar surface area (TPSA) is 104 Å². The maximum atomic E-state index is 12.1. The maximum Gasteiger partial charge on any atom is 0.278 e. The zero-order chi connectivity index (χ0) is 14.8. The zero-order valence-electron chi connectivity index (χ0n) is 11.0. The Hall–Kier alpha value is -2.35. The molecule has 1 amide bonds. The van der Waals surface area contributed by atoms with Gasteiger partial charge in [-0.15, -0.1) is 0 Å². The highest BCUT2D eigenvalue weighted by Gasteiger charge is 2.16. The smallest absolute Gasteiger partial charge is 0.278 e. The molecule has 2 rings (SSSR count). The van der Waals surface area contributed by atoms with Crippen LogP contribution in [-0.4, -0.2) is 24.5 Å². The molecule has 0 aliphatic heterocycles. The highest BCUT2D eigenvalue weighted by molar-refractivity contribution is 7.92. The van der Waals surface area contributed by atoms with Gasteiger partial charge in [-0.3, -0.25) is 14.6 Å². The fourth-order valence-electron chi connectivity index (χ4n) is 1.61. The zero-order valence-corrected chi connectivity index (χ0v) is 11.8. The summed E-state index contributed by atoms with van der Waals surface area (Å²) in [6.07, 6.45) is 1.36. The van der Waals surface area contributed by atoms with E-state index in [-0.39, 0.29) is 10.9 Å². The number of carbonyl (C=O) groups excluding carboxylic acids is 1. The minimum absolute atomic E-state index is 0.0261. The molecular weight excluding hydrogens is 280 g/mol. The molecule has 0 saturated heterocycles. The van der Waals surface area contributed by atoms with Crippen LogP contribution in [0.4, 0.5) is 11.4 Å². The van der Waals surface area contributed by atoms with Gasteiger partial charge in [-0.2, -0.15) is 13.5 Å². The highest BCUT2D eigenvalue weighted by atomic mass is 32.2. The van der Waals surface area contributed by atoms with Gasteiger partial charge in [-0.25, -0.2) is 0 Å². The molecule has 0 bridgehead atoms. The van der Waals surface area contributed by atoms with Crippen molar-refractivity contribution < 1.29 is 13.2 Å². The Kier molecular flexibility index (Phi) is 3.75. The van der Waals surface area contributed by atoms with E-state index in [2.05, 4.69) is 20.2 Å². The van der Waals surface area contributed by atoms with E-state index in [1.807, 2.05) is 0 Å². The van der Waals surface area contributed by atoms with E-state index >= 15 is 0 Å². The van der Waals surface area contributed by atoms with Crippen LogP contribution in [0.3, 0.4) is 0 Å². The first-order valence-electron chi connectivity index (χ1n) is 5.79. The molecule has 0 aliphatic carbocycles. The van der Waals surface area contributed by atoms with Gasteiger partial charge in [0.1, 0.15) is 0 Å². The second-order valence-corrected chi connectivity index (χ2v) is 5.89. The average molecular weight is 294 g/mol. The fraction of sp³-hybridized carbons (Fsp3) is 0.167. The van der Waals surface area contributed by atoms with Gasteiger partial charge in [0.25, 0.3) is 10.0 Å². The fourth-order valence-corrected chi connectivity index (χ4v) is 2.64. The number of nitrogens with one attached hydrogen (secondary N) is 3. The molecule has 7 nitrogen and oxygen atoms in total. The van der Waals surface area contributed by atoms with Crippen LogP contribution in [-0.2, 0) is 14.8 Å². The van der Waals surface area contributed by atoms with Crippen molar-refractivity contribution >= 4 is 27.3 Å². The number of hydrogen-bond acceptors (Lipinski definition) is 4. The summed E-state index contributed by atoms with van der Waals surface area (Å²) in [4.78, 5) is 11.0. The number of aromatic nitrogens is 2. The number of anilines is 2. The molecule has 1 aromatic carbocycles. The molecular formula is C12H14N4O3S. The third-order valence-electron chi connectivity index (χ3n) is 2.57. The van der Waals surface area contributed by atoms with Gasteiger partial charge in [0.15, 0.2) is 5.03 Å². The van der Waals surface area contributed by atoms with Crippen LogP contribution >= 0.6 is 0 Å². The number of amides is 1. The van der Waals surface area contributed by atoms with E-state index in [9.17, 15) is 13.2 Å². The average Bonchev–Trinajstić information content (AvgIpc) is 2.87. The third-order valence-corrected chi connectivity index (χ3v) is 3.86. The molecule has 0 unspecified atom stereocenters. The standard InChI is InChI=1S/C12H14N4O3S/c1-8-3-4-10(14-9(2)17)7-11(8)16-20(18,19)12-5-6-13-15-12/h3-7,16H,1-2H3,(H,13,15)(H,14,17). The number of H-pyrrole nitrogens is 1. The molecule has 2 aromatic rings. The quantitative estimate of drug-likeness (QED) is 0.794. The number of nitrogens with zero attached hydrogens (tertiary/aromatic N) is 1. The molecule has 1 aromatic heterocycles. The summed E-state index contributed by atoms with van der Waals surface area (Å²) >= 11 is 0. The van der Waals surface area contributed by atoms with Crippen molar-refractivity contribution in [3.63, 3.8) is 0 Å². The largest absolute Gasteiger partial charge is 0.326 e.